The molecule has 2 aromatic carbocycles. The summed E-state index contributed by atoms with van der Waals surface area (Å²) in [4.78, 5) is 20.8. The van der Waals surface area contributed by atoms with Crippen LogP contribution in [-0.2, 0) is 12.7 Å². The lowest BCUT2D eigenvalue weighted by molar-refractivity contribution is -0.138. The lowest BCUT2D eigenvalue weighted by Gasteiger charge is -2.33. The molecule has 0 spiro atoms. The molecule has 3 heterocycles. The van der Waals surface area contributed by atoms with E-state index in [9.17, 15) is 18.0 Å². The number of carbonyl (C=O) groups excluding carboxylic acids is 1. The van der Waals surface area contributed by atoms with Crippen LogP contribution in [0.5, 0.6) is 0 Å². The number of nitrogens with two attached hydrogens (primary N) is 1. The van der Waals surface area contributed by atoms with E-state index in [0.29, 0.717) is 24.6 Å². The average molecular weight is 551 g/mol. The normalized spacial score (nSPS) is 14.7. The molecule has 2 aromatic heterocycles. The number of nitrogens with zero attached hydrogens (tertiary/aromatic N) is 4. The zero-order chi connectivity index (χ0) is 28.3. The Morgan fingerprint density at radius 3 is 2.33 bits per heavy atom. The van der Waals surface area contributed by atoms with Crippen LogP contribution in [0, 0.1) is 0 Å². The monoisotopic (exact) mass is 550 g/mol. The summed E-state index contributed by atoms with van der Waals surface area (Å²) in [7, 11) is 1.99. The van der Waals surface area contributed by atoms with Crippen LogP contribution < -0.4 is 16.4 Å². The molecule has 5 rings (SSSR count). The van der Waals surface area contributed by atoms with Crippen LogP contribution in [0.2, 0.25) is 0 Å². The molecule has 2 amide bonds. The minimum Gasteiger partial charge on any atom is -0.384 e. The highest BCUT2D eigenvalue weighted by atomic mass is 19.4. The molecule has 1 aliphatic rings. The number of urea groups is 1. The number of nitrogens with one attached hydrogen (secondary N) is 3. The molecule has 5 N–H and O–H groups in total. The van der Waals surface area contributed by atoms with Gasteiger partial charge in [0.1, 0.15) is 5.82 Å². The van der Waals surface area contributed by atoms with Gasteiger partial charge in [-0.1, -0.05) is 30.3 Å². The number of piperazine rings is 1. The largest absolute Gasteiger partial charge is 0.416 e. The first-order valence-corrected chi connectivity index (χ1v) is 12.7. The minimum atomic E-state index is -4.55. The SMILES string of the molecule is CN1CCN(Cc2ccc(NC(=O)Nc3cc(-c4ccc(-c5ccc(N)nc5)cc4)[nH]n3)cc2C(F)(F)F)CC1. The Morgan fingerprint density at radius 1 is 0.950 bits per heavy atom. The number of benzene rings is 2. The van der Waals surface area contributed by atoms with Crippen LogP contribution in [-0.4, -0.2) is 64.2 Å². The summed E-state index contributed by atoms with van der Waals surface area (Å²) in [5.74, 6) is 0.669. The van der Waals surface area contributed by atoms with Gasteiger partial charge in [0.2, 0.25) is 0 Å². The number of hydrogen-bond acceptors (Lipinski definition) is 6. The number of carbonyl (C=O) groups is 1. The third-order valence-electron chi connectivity index (χ3n) is 6.80. The lowest BCUT2D eigenvalue weighted by Crippen LogP contribution is -2.44. The summed E-state index contributed by atoms with van der Waals surface area (Å²) >= 11 is 0. The fourth-order valence-electron chi connectivity index (χ4n) is 4.53. The van der Waals surface area contributed by atoms with Crippen molar-refractivity contribution in [2.24, 2.45) is 0 Å². The second-order valence-electron chi connectivity index (χ2n) is 9.74. The number of nitrogen functional groups attached to an aromatic ring is 1. The molecule has 1 fully saturated rings. The van der Waals surface area contributed by atoms with E-state index in [1.54, 1.807) is 18.3 Å². The molecule has 0 atom stereocenters. The fraction of sp³-hybridized carbons (Fsp3) is 0.250. The highest BCUT2D eigenvalue weighted by Gasteiger charge is 2.34. The highest BCUT2D eigenvalue weighted by Crippen LogP contribution is 2.35. The lowest BCUT2D eigenvalue weighted by atomic mass is 10.0. The molecule has 0 unspecified atom stereocenters. The molecule has 0 radical (unpaired) electrons. The van der Waals surface area contributed by atoms with Crippen molar-refractivity contribution in [1.29, 1.82) is 0 Å². The molecule has 0 aliphatic carbocycles. The quantitative estimate of drug-likeness (QED) is 0.265. The van der Waals surface area contributed by atoms with Crippen LogP contribution in [0.4, 0.5) is 35.3 Å². The van der Waals surface area contributed by atoms with Crippen molar-refractivity contribution < 1.29 is 18.0 Å². The van der Waals surface area contributed by atoms with E-state index in [-0.39, 0.29) is 23.6 Å². The summed E-state index contributed by atoms with van der Waals surface area (Å²) in [5, 5.41) is 12.0. The van der Waals surface area contributed by atoms with Crippen LogP contribution >= 0.6 is 0 Å². The fourth-order valence-corrected chi connectivity index (χ4v) is 4.53. The number of pyridine rings is 1. The van der Waals surface area contributed by atoms with E-state index >= 15 is 0 Å². The molecule has 12 heteroatoms. The average Bonchev–Trinajstić information content (AvgIpc) is 3.39. The number of hydrogen-bond donors (Lipinski definition) is 4. The number of anilines is 3. The third kappa shape index (κ3) is 6.58. The van der Waals surface area contributed by atoms with E-state index in [0.717, 1.165) is 35.8 Å². The maximum Gasteiger partial charge on any atom is 0.416 e. The number of H-pyrrole nitrogens is 1. The second kappa shape index (κ2) is 11.4. The Balaban J connectivity index is 1.23. The van der Waals surface area contributed by atoms with Crippen molar-refractivity contribution in [3.8, 4) is 22.4 Å². The maximum atomic E-state index is 13.9. The molecule has 0 bridgehead atoms. The second-order valence-corrected chi connectivity index (χ2v) is 9.74. The Kier molecular flexibility index (Phi) is 7.71. The van der Waals surface area contributed by atoms with E-state index < -0.39 is 17.8 Å². The Bertz CT molecular complexity index is 1460. The molecule has 4 aromatic rings. The third-order valence-corrected chi connectivity index (χ3v) is 6.80. The van der Waals surface area contributed by atoms with Crippen LogP contribution in [0.3, 0.4) is 0 Å². The molecule has 40 heavy (non-hydrogen) atoms. The van der Waals surface area contributed by atoms with Crippen molar-refractivity contribution in [3.63, 3.8) is 0 Å². The molecule has 0 saturated carbocycles. The Labute approximate surface area is 229 Å². The van der Waals surface area contributed by atoms with E-state index in [4.69, 9.17) is 5.73 Å². The van der Waals surface area contributed by atoms with Gasteiger partial charge in [-0.15, -0.1) is 0 Å². The summed E-state index contributed by atoms with van der Waals surface area (Å²) in [6, 6.07) is 16.1. The first-order valence-electron chi connectivity index (χ1n) is 12.7. The van der Waals surface area contributed by atoms with Gasteiger partial charge in [-0.2, -0.15) is 18.3 Å². The van der Waals surface area contributed by atoms with Gasteiger partial charge in [0.25, 0.3) is 0 Å². The first kappa shape index (κ1) is 27.2. The zero-order valence-electron chi connectivity index (χ0n) is 21.8. The highest BCUT2D eigenvalue weighted by molar-refractivity contribution is 5.99. The van der Waals surface area contributed by atoms with E-state index in [1.807, 2.05) is 42.3 Å². The Morgan fingerprint density at radius 2 is 1.65 bits per heavy atom. The van der Waals surface area contributed by atoms with Crippen molar-refractivity contribution in [1.82, 2.24) is 25.0 Å². The van der Waals surface area contributed by atoms with Crippen molar-refractivity contribution >= 4 is 23.4 Å². The smallest absolute Gasteiger partial charge is 0.384 e. The summed E-state index contributed by atoms with van der Waals surface area (Å²) in [6.45, 7) is 3.21. The minimum absolute atomic E-state index is 0.0375. The predicted molar refractivity (Wildman–Crippen MR) is 149 cm³/mol. The van der Waals surface area contributed by atoms with Crippen molar-refractivity contribution in [2.75, 3.05) is 49.6 Å². The molecule has 1 aliphatic heterocycles. The van der Waals surface area contributed by atoms with E-state index in [2.05, 4.69) is 30.7 Å². The number of amides is 2. The van der Waals surface area contributed by atoms with Crippen LogP contribution in [0.15, 0.2) is 66.9 Å². The summed E-state index contributed by atoms with van der Waals surface area (Å²) in [5.41, 5.74) is 8.47. The molecule has 9 nitrogen and oxygen atoms in total. The summed E-state index contributed by atoms with van der Waals surface area (Å²) in [6.07, 6.45) is -2.85. The van der Waals surface area contributed by atoms with Crippen LogP contribution in [0.1, 0.15) is 11.1 Å². The first-order chi connectivity index (χ1) is 19.1. The van der Waals surface area contributed by atoms with Gasteiger partial charge in [0.05, 0.1) is 11.3 Å². The maximum absolute atomic E-state index is 13.9. The van der Waals surface area contributed by atoms with Crippen molar-refractivity contribution in [2.45, 2.75) is 12.7 Å². The van der Waals surface area contributed by atoms with Gasteiger partial charge in [0, 0.05) is 56.2 Å². The number of likely N-dealkylation sites (N-methyl/N-ethyl adjacent to an activating group) is 1. The molecular formula is C28H29F3N8O. The standard InChI is InChI=1S/C28H29F3N8O/c1-38-10-12-39(13-11-38)17-21-6-8-22(14-23(21)28(29,30)31)34-27(40)35-26-15-24(36-37-26)19-4-2-18(3-5-19)20-7-9-25(32)33-16-20/h2-9,14-16H,10-13,17H2,1H3,(H2,32,33)(H3,34,35,36,37,40). The van der Waals surface area contributed by atoms with Gasteiger partial charge in [-0.25, -0.2) is 9.78 Å². The zero-order valence-corrected chi connectivity index (χ0v) is 21.8. The van der Waals surface area contributed by atoms with Gasteiger partial charge in [-0.3, -0.25) is 15.3 Å². The van der Waals surface area contributed by atoms with Gasteiger partial charge < -0.3 is 16.0 Å². The summed E-state index contributed by atoms with van der Waals surface area (Å²) < 4.78 is 41.6. The van der Waals surface area contributed by atoms with Gasteiger partial charge in [0.15, 0.2) is 5.82 Å². The van der Waals surface area contributed by atoms with Gasteiger partial charge >= 0.3 is 12.2 Å². The Hall–Kier alpha value is -4.42. The number of rotatable bonds is 6. The number of aromatic amines is 1. The number of halogens is 3. The van der Waals surface area contributed by atoms with E-state index in [1.165, 1.54) is 12.1 Å². The van der Waals surface area contributed by atoms with Gasteiger partial charge in [-0.05, 0) is 48.0 Å². The predicted octanol–water partition coefficient (Wildman–Crippen LogP) is 5.13. The van der Waals surface area contributed by atoms with Crippen molar-refractivity contribution in [3.05, 3.63) is 78.0 Å². The molecule has 1 saturated heterocycles. The topological polar surface area (TPSA) is 115 Å². The number of aromatic nitrogens is 3. The molecular weight excluding hydrogens is 521 g/mol. The van der Waals surface area contributed by atoms with Crippen LogP contribution in [0.25, 0.3) is 22.4 Å². The molecule has 208 valence electrons. The number of alkyl halides is 3.